The molecule has 1 heterocycles. The molecule has 96 valence electrons. The van der Waals surface area contributed by atoms with E-state index in [0.717, 1.165) is 38.5 Å². The van der Waals surface area contributed by atoms with Crippen LogP contribution < -0.4 is 0 Å². The Balaban J connectivity index is 2.09. The summed E-state index contributed by atoms with van der Waals surface area (Å²) < 4.78 is 0. The molecule has 1 aliphatic carbocycles. The van der Waals surface area contributed by atoms with E-state index in [-0.39, 0.29) is 11.8 Å². The molecule has 1 aliphatic heterocycles. The molecule has 1 saturated heterocycles. The molecule has 0 bridgehead atoms. The van der Waals surface area contributed by atoms with Gasteiger partial charge in [-0.15, -0.1) is 0 Å². The third-order valence-corrected chi connectivity index (χ3v) is 4.05. The normalized spacial score (nSPS) is 24.7. The highest BCUT2D eigenvalue weighted by atomic mass is 16.4. The summed E-state index contributed by atoms with van der Waals surface area (Å²) in [5.74, 6) is -0.607. The molecular formula is C13H21NO3. The molecule has 0 radical (unpaired) electrons. The van der Waals surface area contributed by atoms with E-state index >= 15 is 0 Å². The van der Waals surface area contributed by atoms with Crippen molar-refractivity contribution in [2.24, 2.45) is 5.92 Å². The van der Waals surface area contributed by atoms with Crippen molar-refractivity contribution in [1.29, 1.82) is 0 Å². The SMILES string of the molecule is O=C(O)C(C1CCCCC1)N1CCCCC1=O. The minimum atomic E-state index is -0.813. The summed E-state index contributed by atoms with van der Waals surface area (Å²) in [5, 5.41) is 9.40. The fraction of sp³-hybridized carbons (Fsp3) is 0.846. The van der Waals surface area contributed by atoms with Crippen molar-refractivity contribution in [3.63, 3.8) is 0 Å². The summed E-state index contributed by atoms with van der Waals surface area (Å²) in [6.45, 7) is 0.631. The number of aliphatic carboxylic acids is 1. The van der Waals surface area contributed by atoms with Gasteiger partial charge in [-0.2, -0.15) is 0 Å². The van der Waals surface area contributed by atoms with E-state index in [0.29, 0.717) is 13.0 Å². The molecule has 0 aromatic heterocycles. The third-order valence-electron chi connectivity index (χ3n) is 4.05. The number of carboxylic acids is 1. The van der Waals surface area contributed by atoms with Crippen LogP contribution in [0.2, 0.25) is 0 Å². The molecule has 2 fully saturated rings. The van der Waals surface area contributed by atoms with Crippen molar-refractivity contribution in [1.82, 2.24) is 4.90 Å². The van der Waals surface area contributed by atoms with Gasteiger partial charge in [0.1, 0.15) is 6.04 Å². The molecule has 4 heteroatoms. The second kappa shape index (κ2) is 5.52. The van der Waals surface area contributed by atoms with Gasteiger partial charge in [0.25, 0.3) is 0 Å². The van der Waals surface area contributed by atoms with E-state index in [2.05, 4.69) is 0 Å². The highest BCUT2D eigenvalue weighted by Crippen LogP contribution is 2.30. The molecule has 2 rings (SSSR count). The number of piperidine rings is 1. The minimum absolute atomic E-state index is 0.0363. The number of rotatable bonds is 3. The standard InChI is InChI=1S/C13H21NO3/c15-11-8-4-5-9-14(11)12(13(16)17)10-6-2-1-3-7-10/h10,12H,1-9H2,(H,16,17). The molecule has 17 heavy (non-hydrogen) atoms. The van der Waals surface area contributed by atoms with E-state index < -0.39 is 12.0 Å². The largest absolute Gasteiger partial charge is 0.480 e. The average molecular weight is 239 g/mol. The maximum Gasteiger partial charge on any atom is 0.326 e. The fourth-order valence-electron chi connectivity index (χ4n) is 3.16. The lowest BCUT2D eigenvalue weighted by molar-refractivity contribution is -0.154. The molecule has 1 N–H and O–H groups in total. The lowest BCUT2D eigenvalue weighted by Crippen LogP contribution is -2.51. The minimum Gasteiger partial charge on any atom is -0.480 e. The van der Waals surface area contributed by atoms with E-state index in [1.165, 1.54) is 6.42 Å². The Morgan fingerprint density at radius 3 is 2.47 bits per heavy atom. The molecule has 4 nitrogen and oxygen atoms in total. The quantitative estimate of drug-likeness (QED) is 0.819. The average Bonchev–Trinajstić information content (AvgIpc) is 2.33. The molecule has 2 aliphatic rings. The molecule has 1 amide bonds. The zero-order valence-corrected chi connectivity index (χ0v) is 10.2. The first-order chi connectivity index (χ1) is 8.20. The predicted octanol–water partition coefficient (Wildman–Crippen LogP) is 2.03. The Bertz CT molecular complexity index is 297. The van der Waals surface area contributed by atoms with Crippen LogP contribution in [0.4, 0.5) is 0 Å². The van der Waals surface area contributed by atoms with Gasteiger partial charge < -0.3 is 10.0 Å². The number of hydrogen-bond acceptors (Lipinski definition) is 2. The Kier molecular flexibility index (Phi) is 4.02. The zero-order valence-electron chi connectivity index (χ0n) is 10.2. The number of carbonyl (C=O) groups is 2. The van der Waals surface area contributed by atoms with Gasteiger partial charge in [0.05, 0.1) is 0 Å². The maximum absolute atomic E-state index is 11.8. The summed E-state index contributed by atoms with van der Waals surface area (Å²) >= 11 is 0. The molecular weight excluding hydrogens is 218 g/mol. The van der Waals surface area contributed by atoms with Crippen LogP contribution in [-0.4, -0.2) is 34.5 Å². The van der Waals surface area contributed by atoms with Crippen LogP contribution in [0.1, 0.15) is 51.4 Å². The van der Waals surface area contributed by atoms with Crippen LogP contribution in [-0.2, 0) is 9.59 Å². The van der Waals surface area contributed by atoms with Crippen molar-refractivity contribution in [3.05, 3.63) is 0 Å². The number of carbonyl (C=O) groups excluding carboxylic acids is 1. The summed E-state index contributed by atoms with van der Waals surface area (Å²) in [6.07, 6.45) is 7.72. The lowest BCUT2D eigenvalue weighted by Gasteiger charge is -2.38. The van der Waals surface area contributed by atoms with E-state index in [9.17, 15) is 14.7 Å². The lowest BCUT2D eigenvalue weighted by atomic mass is 9.82. The van der Waals surface area contributed by atoms with Gasteiger partial charge in [-0.3, -0.25) is 4.79 Å². The topological polar surface area (TPSA) is 57.6 Å². The third kappa shape index (κ3) is 2.79. The van der Waals surface area contributed by atoms with E-state index in [1.807, 2.05) is 0 Å². The van der Waals surface area contributed by atoms with Crippen LogP contribution in [0.25, 0.3) is 0 Å². The summed E-state index contributed by atoms with van der Waals surface area (Å²) in [6, 6.07) is -0.567. The van der Waals surface area contributed by atoms with Crippen LogP contribution in [0, 0.1) is 5.92 Å². The van der Waals surface area contributed by atoms with E-state index in [1.54, 1.807) is 4.90 Å². The van der Waals surface area contributed by atoms with Gasteiger partial charge >= 0.3 is 5.97 Å². The monoisotopic (exact) mass is 239 g/mol. The molecule has 1 saturated carbocycles. The van der Waals surface area contributed by atoms with Crippen LogP contribution in [0.15, 0.2) is 0 Å². The molecule has 0 aromatic carbocycles. The van der Waals surface area contributed by atoms with Crippen molar-refractivity contribution < 1.29 is 14.7 Å². The summed E-state index contributed by atoms with van der Waals surface area (Å²) in [4.78, 5) is 24.9. The fourth-order valence-corrected chi connectivity index (χ4v) is 3.16. The van der Waals surface area contributed by atoms with Crippen molar-refractivity contribution in [3.8, 4) is 0 Å². The Labute approximate surface area is 102 Å². The van der Waals surface area contributed by atoms with Gasteiger partial charge in [-0.05, 0) is 31.6 Å². The molecule has 0 spiro atoms. The molecule has 1 atom stereocenters. The van der Waals surface area contributed by atoms with Gasteiger partial charge in [0, 0.05) is 13.0 Å². The Hall–Kier alpha value is -1.06. The highest BCUT2D eigenvalue weighted by molar-refractivity contribution is 5.84. The summed E-state index contributed by atoms with van der Waals surface area (Å²) in [5.41, 5.74) is 0. The highest BCUT2D eigenvalue weighted by Gasteiger charge is 2.37. The van der Waals surface area contributed by atoms with Gasteiger partial charge in [-0.1, -0.05) is 19.3 Å². The summed E-state index contributed by atoms with van der Waals surface area (Å²) in [7, 11) is 0. The zero-order chi connectivity index (χ0) is 12.3. The van der Waals surface area contributed by atoms with Gasteiger partial charge in [0.2, 0.25) is 5.91 Å². The first-order valence-electron chi connectivity index (χ1n) is 6.72. The van der Waals surface area contributed by atoms with E-state index in [4.69, 9.17) is 0 Å². The van der Waals surface area contributed by atoms with Crippen molar-refractivity contribution in [2.75, 3.05) is 6.54 Å². The van der Waals surface area contributed by atoms with Crippen LogP contribution in [0.5, 0.6) is 0 Å². The van der Waals surface area contributed by atoms with Crippen LogP contribution in [0.3, 0.4) is 0 Å². The second-order valence-electron chi connectivity index (χ2n) is 5.23. The first kappa shape index (κ1) is 12.4. The van der Waals surface area contributed by atoms with Gasteiger partial charge in [0.15, 0.2) is 0 Å². The number of nitrogens with zero attached hydrogens (tertiary/aromatic N) is 1. The van der Waals surface area contributed by atoms with Gasteiger partial charge in [-0.25, -0.2) is 4.79 Å². The second-order valence-corrected chi connectivity index (χ2v) is 5.23. The van der Waals surface area contributed by atoms with Crippen molar-refractivity contribution in [2.45, 2.75) is 57.4 Å². The van der Waals surface area contributed by atoms with Crippen molar-refractivity contribution >= 4 is 11.9 Å². The predicted molar refractivity (Wildman–Crippen MR) is 63.6 cm³/mol. The number of amides is 1. The first-order valence-corrected chi connectivity index (χ1v) is 6.72. The molecule has 0 aromatic rings. The van der Waals surface area contributed by atoms with Crippen LogP contribution >= 0.6 is 0 Å². The number of likely N-dealkylation sites (tertiary alicyclic amines) is 1. The molecule has 1 unspecified atom stereocenters. The Morgan fingerprint density at radius 1 is 1.18 bits per heavy atom. The number of hydrogen-bond donors (Lipinski definition) is 1. The smallest absolute Gasteiger partial charge is 0.326 e. The number of carboxylic acid groups (broad SMARTS) is 1. The Morgan fingerprint density at radius 2 is 1.88 bits per heavy atom. The maximum atomic E-state index is 11.8.